The second-order valence-corrected chi connectivity index (χ2v) is 20.3. The van der Waals surface area contributed by atoms with Crippen molar-refractivity contribution >= 4 is 57.6 Å². The molecule has 12 rings (SSSR count). The van der Waals surface area contributed by atoms with Crippen LogP contribution < -0.4 is 9.80 Å². The molecule has 2 aliphatic carbocycles. The number of rotatable bonds is 7. The molecule has 3 aliphatic rings. The number of hydrogen-bond acceptors (Lipinski definition) is 4. The van der Waals surface area contributed by atoms with Crippen LogP contribution in [-0.4, -0.2) is 0 Å². The van der Waals surface area contributed by atoms with Gasteiger partial charge in [-0.2, -0.15) is 0 Å². The first-order valence-corrected chi connectivity index (χ1v) is 23.8. The fraction of sp³-hybridized carbons (Fsp3) is 0.100. The molecule has 0 atom stereocenters. The van der Waals surface area contributed by atoms with Crippen molar-refractivity contribution in [3.63, 3.8) is 0 Å². The molecule has 0 bridgehead atoms. The lowest BCUT2D eigenvalue weighted by Gasteiger charge is -2.29. The van der Waals surface area contributed by atoms with E-state index in [0.717, 1.165) is 34.1 Å². The van der Waals surface area contributed by atoms with Gasteiger partial charge in [0.1, 0.15) is 0 Å². The smallest absolute Gasteiger partial charge is 0.0465 e. The van der Waals surface area contributed by atoms with E-state index in [-0.39, 0.29) is 10.8 Å². The Balaban J connectivity index is 0.924. The summed E-state index contributed by atoms with van der Waals surface area (Å²) in [6.45, 7) is 9.54. The van der Waals surface area contributed by atoms with Gasteiger partial charge in [0.05, 0.1) is 0 Å². The van der Waals surface area contributed by atoms with E-state index in [1.165, 1.54) is 75.2 Å². The summed E-state index contributed by atoms with van der Waals surface area (Å²) in [6.07, 6.45) is 0. The van der Waals surface area contributed by atoms with Gasteiger partial charge in [-0.25, -0.2) is 0 Å². The molecule has 0 saturated heterocycles. The van der Waals surface area contributed by atoms with Crippen LogP contribution in [-0.2, 0) is 10.8 Å². The first kappa shape index (κ1) is 38.9. The molecule has 2 nitrogen and oxygen atoms in total. The van der Waals surface area contributed by atoms with Crippen molar-refractivity contribution in [2.24, 2.45) is 0 Å². The SMILES string of the molecule is CC1(C)c2ccccc2-c2ccc(N(c3ccc(-c4ccc5c(c4)C(C)(C)c4c-5ccc5c4Sc4ccccc4S5)cc3)c3ccc(N(c4ccccc4)c4ccccc4)cc3)cc21. The zero-order chi connectivity index (χ0) is 43.2. The lowest BCUT2D eigenvalue weighted by Crippen LogP contribution is -2.17. The average Bonchev–Trinajstić information content (AvgIpc) is 3.71. The molecule has 4 heteroatoms. The van der Waals surface area contributed by atoms with Crippen molar-refractivity contribution in [2.75, 3.05) is 9.80 Å². The molecule has 1 heterocycles. The van der Waals surface area contributed by atoms with E-state index in [0.29, 0.717) is 0 Å². The first-order chi connectivity index (χ1) is 31.2. The molecule has 1 aliphatic heterocycles. The predicted octanol–water partition coefficient (Wildman–Crippen LogP) is 17.5. The summed E-state index contributed by atoms with van der Waals surface area (Å²) in [5.74, 6) is 0. The summed E-state index contributed by atoms with van der Waals surface area (Å²) in [5, 5.41) is 0. The summed E-state index contributed by atoms with van der Waals surface area (Å²) in [4.78, 5) is 10.2. The van der Waals surface area contributed by atoms with Gasteiger partial charge in [0.25, 0.3) is 0 Å². The van der Waals surface area contributed by atoms with Crippen LogP contribution >= 0.6 is 23.5 Å². The highest BCUT2D eigenvalue weighted by Gasteiger charge is 2.40. The van der Waals surface area contributed by atoms with Crippen molar-refractivity contribution in [3.05, 3.63) is 229 Å². The highest BCUT2D eigenvalue weighted by molar-refractivity contribution is 8.05. The van der Waals surface area contributed by atoms with Gasteiger partial charge in [-0.1, -0.05) is 160 Å². The maximum atomic E-state index is 2.45. The number of hydrogen-bond donors (Lipinski definition) is 0. The Morgan fingerprint density at radius 3 is 1.44 bits per heavy atom. The van der Waals surface area contributed by atoms with Crippen LogP contribution in [0.15, 0.2) is 226 Å². The maximum absolute atomic E-state index is 2.45. The zero-order valence-electron chi connectivity index (χ0n) is 36.3. The Bertz CT molecular complexity index is 3220. The van der Waals surface area contributed by atoms with E-state index in [1.807, 2.05) is 23.5 Å². The van der Waals surface area contributed by atoms with Crippen LogP contribution in [0.4, 0.5) is 34.1 Å². The molecule has 9 aromatic rings. The van der Waals surface area contributed by atoms with Crippen LogP contribution in [0.2, 0.25) is 0 Å². The molecule has 64 heavy (non-hydrogen) atoms. The Labute approximate surface area is 385 Å². The molecule has 0 fully saturated rings. The zero-order valence-corrected chi connectivity index (χ0v) is 38.0. The maximum Gasteiger partial charge on any atom is 0.0465 e. The number of nitrogens with zero attached hydrogens (tertiary/aromatic N) is 2. The van der Waals surface area contributed by atoms with Gasteiger partial charge in [0.15, 0.2) is 0 Å². The third kappa shape index (κ3) is 6.18. The van der Waals surface area contributed by atoms with E-state index >= 15 is 0 Å². The van der Waals surface area contributed by atoms with Gasteiger partial charge < -0.3 is 9.80 Å². The fourth-order valence-electron chi connectivity index (χ4n) is 10.5. The Morgan fingerprint density at radius 2 is 0.766 bits per heavy atom. The molecule has 0 spiro atoms. The molecule has 0 N–H and O–H groups in total. The lowest BCUT2D eigenvalue weighted by molar-refractivity contribution is 0.642. The summed E-state index contributed by atoms with van der Waals surface area (Å²) in [7, 11) is 0. The molecular formula is C60H46N2S2. The molecule has 0 radical (unpaired) electrons. The second kappa shape index (κ2) is 14.9. The summed E-state index contributed by atoms with van der Waals surface area (Å²) in [6, 6.07) is 76.1. The first-order valence-electron chi connectivity index (χ1n) is 22.2. The summed E-state index contributed by atoms with van der Waals surface area (Å²) in [5.41, 5.74) is 19.9. The van der Waals surface area contributed by atoms with E-state index in [4.69, 9.17) is 0 Å². The van der Waals surface area contributed by atoms with Gasteiger partial charge in [-0.15, -0.1) is 0 Å². The van der Waals surface area contributed by atoms with Crippen molar-refractivity contribution in [1.82, 2.24) is 0 Å². The number of benzene rings is 9. The molecular weight excluding hydrogens is 813 g/mol. The van der Waals surface area contributed by atoms with Gasteiger partial charge in [-0.05, 0) is 153 Å². The highest BCUT2D eigenvalue weighted by atomic mass is 32.2. The van der Waals surface area contributed by atoms with Crippen LogP contribution in [0.5, 0.6) is 0 Å². The average molecular weight is 859 g/mol. The summed E-state index contributed by atoms with van der Waals surface area (Å²) >= 11 is 3.84. The Morgan fingerprint density at radius 1 is 0.312 bits per heavy atom. The van der Waals surface area contributed by atoms with E-state index in [1.54, 1.807) is 0 Å². The standard InChI is InChI=1S/C60H46N2S2/c1-59(2)51-20-12-11-19-47(51)48-34-32-46(38-53(48)59)62(45-30-28-44(29-31-45)61(41-15-7-5-8-16-41)42-17-9-6-10-18-42)43-26-23-39(24-27-43)40-25-33-49-50-35-36-56-58(57(50)60(3,4)52(49)37-40)64-55-22-14-13-21-54(55)63-56/h5-38H,1-4H3. The molecule has 9 aromatic carbocycles. The largest absolute Gasteiger partial charge is 0.311 e. The van der Waals surface area contributed by atoms with Crippen LogP contribution in [0.3, 0.4) is 0 Å². The van der Waals surface area contributed by atoms with Crippen LogP contribution in [0.1, 0.15) is 49.9 Å². The number of fused-ring (bicyclic) bond motifs is 9. The van der Waals surface area contributed by atoms with Crippen molar-refractivity contribution in [3.8, 4) is 33.4 Å². The third-order valence-corrected chi connectivity index (χ3v) is 16.3. The fourth-order valence-corrected chi connectivity index (χ4v) is 13.0. The van der Waals surface area contributed by atoms with E-state index in [2.05, 4.69) is 244 Å². The van der Waals surface area contributed by atoms with Crippen molar-refractivity contribution in [1.29, 1.82) is 0 Å². The van der Waals surface area contributed by atoms with Gasteiger partial charge in [0.2, 0.25) is 0 Å². The minimum atomic E-state index is -0.133. The lowest BCUT2D eigenvalue weighted by atomic mass is 9.81. The molecule has 308 valence electrons. The normalized spacial score (nSPS) is 14.4. The van der Waals surface area contributed by atoms with E-state index < -0.39 is 0 Å². The molecule has 0 aromatic heterocycles. The van der Waals surface area contributed by atoms with Gasteiger partial charge in [-0.3, -0.25) is 0 Å². The van der Waals surface area contributed by atoms with E-state index in [9.17, 15) is 0 Å². The van der Waals surface area contributed by atoms with Crippen molar-refractivity contribution < 1.29 is 0 Å². The molecule has 0 unspecified atom stereocenters. The predicted molar refractivity (Wildman–Crippen MR) is 271 cm³/mol. The monoisotopic (exact) mass is 858 g/mol. The van der Waals surface area contributed by atoms with Crippen molar-refractivity contribution in [2.45, 2.75) is 58.1 Å². The minimum Gasteiger partial charge on any atom is -0.311 e. The number of anilines is 6. The molecule has 0 amide bonds. The third-order valence-electron chi connectivity index (χ3n) is 13.7. The molecule has 0 saturated carbocycles. The van der Waals surface area contributed by atoms with Gasteiger partial charge >= 0.3 is 0 Å². The Hall–Kier alpha value is -6.72. The quantitative estimate of drug-likeness (QED) is 0.157. The van der Waals surface area contributed by atoms with Gasteiger partial charge in [0, 0.05) is 64.5 Å². The number of para-hydroxylation sites is 2. The van der Waals surface area contributed by atoms with Crippen LogP contribution in [0, 0.1) is 0 Å². The second-order valence-electron chi connectivity index (χ2n) is 18.2. The highest BCUT2D eigenvalue weighted by Crippen LogP contribution is 2.59. The minimum absolute atomic E-state index is 0.116. The topological polar surface area (TPSA) is 6.48 Å². The Kier molecular flexibility index (Phi) is 9.09. The summed E-state index contributed by atoms with van der Waals surface area (Å²) < 4.78 is 0. The van der Waals surface area contributed by atoms with Crippen LogP contribution in [0.25, 0.3) is 33.4 Å².